The zero-order chi connectivity index (χ0) is 13.0. The topological polar surface area (TPSA) is 44.1 Å². The lowest BCUT2D eigenvalue weighted by Crippen LogP contribution is -2.35. The Balaban J connectivity index is 2.97. The molecule has 0 bridgehead atoms. The number of halogens is 2. The molecule has 1 unspecified atom stereocenters. The van der Waals surface area contributed by atoms with Crippen LogP contribution in [0.3, 0.4) is 0 Å². The molecule has 0 aliphatic heterocycles. The molecule has 1 amide bonds. The molecule has 0 saturated carbocycles. The van der Waals surface area contributed by atoms with Gasteiger partial charge in [0.05, 0.1) is 23.1 Å². The normalized spacial score (nSPS) is 11.7. The van der Waals surface area contributed by atoms with Crippen LogP contribution in [0.15, 0.2) is 22.7 Å². The van der Waals surface area contributed by atoms with Gasteiger partial charge < -0.3 is 4.90 Å². The summed E-state index contributed by atoms with van der Waals surface area (Å²) in [6.45, 7) is 1.83. The van der Waals surface area contributed by atoms with Gasteiger partial charge in [0.2, 0.25) is 0 Å². The van der Waals surface area contributed by atoms with Crippen LogP contribution in [0.2, 0.25) is 5.02 Å². The van der Waals surface area contributed by atoms with Crippen LogP contribution in [0.5, 0.6) is 0 Å². The summed E-state index contributed by atoms with van der Waals surface area (Å²) in [6, 6.07) is 7.11. The smallest absolute Gasteiger partial charge is 0.255 e. The Morgan fingerprint density at radius 1 is 1.65 bits per heavy atom. The Bertz CT molecular complexity index is 470. The van der Waals surface area contributed by atoms with E-state index in [2.05, 4.69) is 15.9 Å². The van der Waals surface area contributed by atoms with E-state index in [4.69, 9.17) is 16.9 Å². The average molecular weight is 316 g/mol. The van der Waals surface area contributed by atoms with E-state index in [0.717, 1.165) is 0 Å². The van der Waals surface area contributed by atoms with Crippen molar-refractivity contribution >= 4 is 33.4 Å². The van der Waals surface area contributed by atoms with E-state index in [-0.39, 0.29) is 11.9 Å². The summed E-state index contributed by atoms with van der Waals surface area (Å²) in [6.07, 6.45) is 0.299. The summed E-state index contributed by atoms with van der Waals surface area (Å²) >= 11 is 9.33. The highest BCUT2D eigenvalue weighted by Gasteiger charge is 2.20. The molecule has 1 aromatic rings. The summed E-state index contributed by atoms with van der Waals surface area (Å²) < 4.78 is 0.686. The Hall–Kier alpha value is -1.05. The van der Waals surface area contributed by atoms with Gasteiger partial charge in [-0.2, -0.15) is 5.26 Å². The number of hydrogen-bond donors (Lipinski definition) is 0. The predicted octanol–water partition coefficient (Wildman–Crippen LogP) is 3.48. The quantitative estimate of drug-likeness (QED) is 0.857. The number of hydrogen-bond acceptors (Lipinski definition) is 2. The first-order chi connectivity index (χ1) is 7.99. The molecule has 0 fully saturated rings. The Kier molecular flexibility index (Phi) is 4.98. The van der Waals surface area contributed by atoms with Crippen LogP contribution in [-0.2, 0) is 0 Å². The molecule has 0 saturated heterocycles. The number of benzene rings is 1. The molecule has 17 heavy (non-hydrogen) atoms. The van der Waals surface area contributed by atoms with Gasteiger partial charge in [-0.25, -0.2) is 0 Å². The van der Waals surface area contributed by atoms with E-state index in [1.165, 1.54) is 4.90 Å². The minimum absolute atomic E-state index is 0.137. The molecule has 1 aromatic carbocycles. The molecule has 1 rings (SSSR count). The van der Waals surface area contributed by atoms with Gasteiger partial charge in [0.1, 0.15) is 0 Å². The van der Waals surface area contributed by atoms with E-state index in [1.54, 1.807) is 25.2 Å². The van der Waals surface area contributed by atoms with E-state index in [1.807, 2.05) is 13.0 Å². The van der Waals surface area contributed by atoms with Gasteiger partial charge in [-0.1, -0.05) is 17.7 Å². The highest BCUT2D eigenvalue weighted by atomic mass is 79.9. The third kappa shape index (κ3) is 3.21. The van der Waals surface area contributed by atoms with E-state index in [0.29, 0.717) is 21.5 Å². The first-order valence-electron chi connectivity index (χ1n) is 5.07. The molecule has 5 heteroatoms. The van der Waals surface area contributed by atoms with Crippen LogP contribution in [0.4, 0.5) is 0 Å². The van der Waals surface area contributed by atoms with Crippen molar-refractivity contribution in [2.24, 2.45) is 0 Å². The Labute approximate surface area is 114 Å². The second-order valence-electron chi connectivity index (χ2n) is 3.73. The monoisotopic (exact) mass is 314 g/mol. The van der Waals surface area contributed by atoms with Crippen molar-refractivity contribution in [1.82, 2.24) is 4.90 Å². The first-order valence-corrected chi connectivity index (χ1v) is 6.24. The van der Waals surface area contributed by atoms with Crippen LogP contribution in [0, 0.1) is 11.3 Å². The van der Waals surface area contributed by atoms with E-state index < -0.39 is 0 Å². The fourth-order valence-electron chi connectivity index (χ4n) is 1.33. The number of nitriles is 1. The summed E-state index contributed by atoms with van der Waals surface area (Å²) in [5.74, 6) is -0.181. The van der Waals surface area contributed by atoms with Crippen molar-refractivity contribution in [2.45, 2.75) is 19.4 Å². The minimum Gasteiger partial charge on any atom is -0.338 e. The molecular weight excluding hydrogens is 304 g/mol. The van der Waals surface area contributed by atoms with Gasteiger partial charge in [-0.05, 0) is 35.0 Å². The van der Waals surface area contributed by atoms with Crippen molar-refractivity contribution in [1.29, 1.82) is 5.26 Å². The van der Waals surface area contributed by atoms with E-state index >= 15 is 0 Å². The fraction of sp³-hybridized carbons (Fsp3) is 0.333. The summed E-state index contributed by atoms with van der Waals surface area (Å²) in [4.78, 5) is 13.7. The SMILES string of the molecule is CC(CC#N)N(C)C(=O)c1cccc(Br)c1Cl. The number of nitrogens with zero attached hydrogens (tertiary/aromatic N) is 2. The number of carbonyl (C=O) groups is 1. The molecule has 0 N–H and O–H groups in total. The lowest BCUT2D eigenvalue weighted by Gasteiger charge is -2.23. The number of carbonyl (C=O) groups excluding carboxylic acids is 1. The van der Waals surface area contributed by atoms with Gasteiger partial charge in [0.25, 0.3) is 5.91 Å². The molecule has 1 atom stereocenters. The molecule has 0 aromatic heterocycles. The van der Waals surface area contributed by atoms with Crippen molar-refractivity contribution in [3.8, 4) is 6.07 Å². The van der Waals surface area contributed by atoms with Crippen LogP contribution < -0.4 is 0 Å². The minimum atomic E-state index is -0.181. The number of rotatable bonds is 3. The fourth-order valence-corrected chi connectivity index (χ4v) is 1.90. The molecule has 0 aliphatic rings. The predicted molar refractivity (Wildman–Crippen MR) is 70.9 cm³/mol. The molecular formula is C12H12BrClN2O. The summed E-state index contributed by atoms with van der Waals surface area (Å²) in [7, 11) is 1.67. The van der Waals surface area contributed by atoms with Crippen LogP contribution >= 0.6 is 27.5 Å². The van der Waals surface area contributed by atoms with Gasteiger partial charge in [-0.15, -0.1) is 0 Å². The zero-order valence-electron chi connectivity index (χ0n) is 9.58. The van der Waals surface area contributed by atoms with Gasteiger partial charge in [0.15, 0.2) is 0 Å². The maximum absolute atomic E-state index is 12.1. The van der Waals surface area contributed by atoms with Gasteiger partial charge in [0, 0.05) is 17.6 Å². The molecule has 0 radical (unpaired) electrons. The Morgan fingerprint density at radius 2 is 2.29 bits per heavy atom. The van der Waals surface area contributed by atoms with Crippen molar-refractivity contribution in [3.63, 3.8) is 0 Å². The van der Waals surface area contributed by atoms with Crippen LogP contribution in [-0.4, -0.2) is 23.9 Å². The highest BCUT2D eigenvalue weighted by molar-refractivity contribution is 9.10. The second kappa shape index (κ2) is 6.04. The van der Waals surface area contributed by atoms with Gasteiger partial charge in [-0.3, -0.25) is 4.79 Å². The highest BCUT2D eigenvalue weighted by Crippen LogP contribution is 2.27. The molecule has 0 spiro atoms. The summed E-state index contributed by atoms with van der Waals surface area (Å²) in [5.41, 5.74) is 0.438. The first kappa shape index (κ1) is 14.0. The van der Waals surface area contributed by atoms with Crippen molar-refractivity contribution < 1.29 is 4.79 Å². The van der Waals surface area contributed by atoms with Gasteiger partial charge >= 0.3 is 0 Å². The summed E-state index contributed by atoms with van der Waals surface area (Å²) in [5, 5.41) is 9.01. The van der Waals surface area contributed by atoms with Crippen molar-refractivity contribution in [2.75, 3.05) is 7.05 Å². The lowest BCUT2D eigenvalue weighted by molar-refractivity contribution is 0.0746. The van der Waals surface area contributed by atoms with Crippen LogP contribution in [0.1, 0.15) is 23.7 Å². The lowest BCUT2D eigenvalue weighted by atomic mass is 10.1. The standard InChI is InChI=1S/C12H12BrClN2O/c1-8(6-7-15)16(2)12(17)9-4-3-5-10(13)11(9)14/h3-5,8H,6H2,1-2H3. The molecule has 0 aliphatic carbocycles. The largest absolute Gasteiger partial charge is 0.338 e. The third-order valence-electron chi connectivity index (χ3n) is 2.55. The maximum Gasteiger partial charge on any atom is 0.255 e. The molecule has 3 nitrogen and oxygen atoms in total. The van der Waals surface area contributed by atoms with Crippen LogP contribution in [0.25, 0.3) is 0 Å². The second-order valence-corrected chi connectivity index (χ2v) is 4.96. The molecule has 90 valence electrons. The van der Waals surface area contributed by atoms with Crippen molar-refractivity contribution in [3.05, 3.63) is 33.3 Å². The average Bonchev–Trinajstić information content (AvgIpc) is 2.31. The third-order valence-corrected chi connectivity index (χ3v) is 3.85. The zero-order valence-corrected chi connectivity index (χ0v) is 11.9. The van der Waals surface area contributed by atoms with E-state index in [9.17, 15) is 4.79 Å². The maximum atomic E-state index is 12.1. The number of amides is 1. The Morgan fingerprint density at radius 3 is 2.88 bits per heavy atom. The molecule has 0 heterocycles.